The molecule has 5 rings (SSSR count). The molecule has 0 bridgehead atoms. The van der Waals surface area contributed by atoms with E-state index in [1.54, 1.807) is 16.8 Å². The fraction of sp³-hybridized carbons (Fsp3) is 0.600. The van der Waals surface area contributed by atoms with Crippen molar-refractivity contribution in [3.8, 4) is 11.1 Å². The van der Waals surface area contributed by atoms with Gasteiger partial charge in [-0.25, -0.2) is 14.3 Å². The molecule has 0 saturated heterocycles. The van der Waals surface area contributed by atoms with Gasteiger partial charge in [0.2, 0.25) is 11.9 Å². The predicted octanol–water partition coefficient (Wildman–Crippen LogP) is 4.80. The molecule has 232 valence electrons. The zero-order valence-corrected chi connectivity index (χ0v) is 27.0. The van der Waals surface area contributed by atoms with Gasteiger partial charge in [-0.2, -0.15) is 9.49 Å². The van der Waals surface area contributed by atoms with E-state index in [1.165, 1.54) is 10.9 Å². The minimum absolute atomic E-state index is 0.0168. The summed E-state index contributed by atoms with van der Waals surface area (Å²) in [5.74, 6) is -0.638. The summed E-state index contributed by atoms with van der Waals surface area (Å²) in [7, 11) is -1.20. The summed E-state index contributed by atoms with van der Waals surface area (Å²) in [6, 6.07) is 3.48. The number of nitrogens with zero attached hydrogens (tertiary/aromatic N) is 6. The summed E-state index contributed by atoms with van der Waals surface area (Å²) in [6.45, 7) is 13.9. The Kier molecular flexibility index (Phi) is 9.11. The molecule has 2 saturated carbocycles. The first kappa shape index (κ1) is 31.0. The molecule has 0 aromatic carbocycles. The molecular formula is C30H43FN8O3Si. The Morgan fingerprint density at radius 1 is 1.12 bits per heavy atom. The molecule has 2 N–H and O–H groups in total. The first-order valence-corrected chi connectivity index (χ1v) is 19.0. The lowest BCUT2D eigenvalue weighted by molar-refractivity contribution is -0.119. The summed E-state index contributed by atoms with van der Waals surface area (Å²) in [5, 5.41) is 18.1. The Morgan fingerprint density at radius 3 is 2.42 bits per heavy atom. The maximum atomic E-state index is 15.5. The van der Waals surface area contributed by atoms with Gasteiger partial charge in [0.05, 0.1) is 11.9 Å². The molecule has 13 heteroatoms. The van der Waals surface area contributed by atoms with Crippen molar-refractivity contribution in [2.45, 2.75) is 91.5 Å². The van der Waals surface area contributed by atoms with Crippen molar-refractivity contribution >= 4 is 25.7 Å². The van der Waals surface area contributed by atoms with Gasteiger partial charge in [0.15, 0.2) is 0 Å². The molecule has 0 aliphatic heterocycles. The van der Waals surface area contributed by atoms with Gasteiger partial charge in [0.1, 0.15) is 24.3 Å². The van der Waals surface area contributed by atoms with Gasteiger partial charge in [-0.05, 0) is 82.4 Å². The van der Waals surface area contributed by atoms with E-state index in [4.69, 9.17) is 4.74 Å². The van der Waals surface area contributed by atoms with Crippen molar-refractivity contribution in [3.63, 3.8) is 0 Å². The molecule has 2 aliphatic rings. The number of aromatic nitrogens is 6. The van der Waals surface area contributed by atoms with Gasteiger partial charge in [-0.3, -0.25) is 9.59 Å². The number of halogens is 1. The lowest BCUT2D eigenvalue weighted by Gasteiger charge is -2.27. The number of ether oxygens (including phenoxy) is 1. The van der Waals surface area contributed by atoms with Crippen molar-refractivity contribution in [2.24, 2.45) is 17.8 Å². The summed E-state index contributed by atoms with van der Waals surface area (Å²) < 4.78 is 24.6. The number of hydrogen-bond donors (Lipinski definition) is 2. The van der Waals surface area contributed by atoms with E-state index in [9.17, 15) is 9.59 Å². The highest BCUT2D eigenvalue weighted by molar-refractivity contribution is 6.76. The largest absolute Gasteiger partial charge is 0.360 e. The van der Waals surface area contributed by atoms with Crippen molar-refractivity contribution in [1.29, 1.82) is 0 Å². The van der Waals surface area contributed by atoms with Crippen molar-refractivity contribution in [1.82, 2.24) is 35.1 Å². The number of amides is 2. The van der Waals surface area contributed by atoms with Gasteiger partial charge < -0.3 is 15.4 Å². The first-order chi connectivity index (χ1) is 20.5. The van der Waals surface area contributed by atoms with Crippen LogP contribution in [0.3, 0.4) is 0 Å². The second kappa shape index (κ2) is 12.6. The summed E-state index contributed by atoms with van der Waals surface area (Å²) in [4.78, 5) is 31.0. The van der Waals surface area contributed by atoms with Crippen LogP contribution in [0.15, 0.2) is 18.3 Å². The summed E-state index contributed by atoms with van der Waals surface area (Å²) in [6.07, 6.45) is 5.54. The number of pyridine rings is 1. The maximum Gasteiger partial charge on any atom is 0.271 e. The zero-order chi connectivity index (χ0) is 30.9. The maximum absolute atomic E-state index is 15.5. The average molecular weight is 611 g/mol. The van der Waals surface area contributed by atoms with Crippen LogP contribution < -0.4 is 10.6 Å². The van der Waals surface area contributed by atoms with E-state index >= 15 is 4.39 Å². The highest BCUT2D eigenvalue weighted by Gasteiger charge is 2.48. The topological polar surface area (TPSA) is 129 Å². The molecule has 3 aromatic rings. The zero-order valence-electron chi connectivity index (χ0n) is 26.0. The highest BCUT2D eigenvalue weighted by atomic mass is 28.3. The van der Waals surface area contributed by atoms with E-state index in [0.717, 1.165) is 37.4 Å². The predicted molar refractivity (Wildman–Crippen MR) is 164 cm³/mol. The van der Waals surface area contributed by atoms with Crippen LogP contribution in [-0.4, -0.2) is 62.3 Å². The van der Waals surface area contributed by atoms with Crippen molar-refractivity contribution < 1.29 is 18.7 Å². The van der Waals surface area contributed by atoms with Crippen molar-refractivity contribution in [3.05, 3.63) is 41.4 Å². The van der Waals surface area contributed by atoms with Crippen LogP contribution in [0.25, 0.3) is 11.1 Å². The highest BCUT2D eigenvalue weighted by Crippen LogP contribution is 2.51. The second-order valence-corrected chi connectivity index (χ2v) is 18.7. The molecule has 3 aromatic heterocycles. The molecule has 2 aliphatic carbocycles. The van der Waals surface area contributed by atoms with Gasteiger partial charge in [-0.1, -0.05) is 24.9 Å². The number of carbonyl (C=O) groups is 2. The third kappa shape index (κ3) is 7.38. The molecule has 43 heavy (non-hydrogen) atoms. The Bertz CT molecular complexity index is 1460. The smallest absolute Gasteiger partial charge is 0.271 e. The Balaban J connectivity index is 1.31. The second-order valence-electron chi connectivity index (χ2n) is 13.1. The SMILES string of the molecule is CCn1nncc1C(=O)N[C@H](C(=O)Nc1ccc(-c2c(C)nn(COCC[Si](C)(C)C)c2C)c(F)n1)C(C1CC1)C1CC1. The molecule has 0 spiro atoms. The molecule has 0 unspecified atom stereocenters. The number of anilines is 1. The minimum atomic E-state index is -1.20. The fourth-order valence-corrected chi connectivity index (χ4v) is 6.50. The lowest BCUT2D eigenvalue weighted by Crippen LogP contribution is -2.50. The molecule has 0 radical (unpaired) electrons. The summed E-state index contributed by atoms with van der Waals surface area (Å²) in [5.41, 5.74) is 2.71. The fourth-order valence-electron chi connectivity index (χ4n) is 5.75. The van der Waals surface area contributed by atoms with E-state index in [1.807, 2.05) is 20.8 Å². The number of hydrogen-bond acceptors (Lipinski definition) is 7. The number of nitrogens with one attached hydrogen (secondary N) is 2. The normalized spacial score (nSPS) is 16.0. The van der Waals surface area contributed by atoms with Crippen LogP contribution in [0.2, 0.25) is 25.7 Å². The van der Waals surface area contributed by atoms with E-state index in [2.05, 4.69) is 50.7 Å². The van der Waals surface area contributed by atoms with Crippen LogP contribution in [0.1, 0.15) is 54.5 Å². The monoisotopic (exact) mass is 610 g/mol. The van der Waals surface area contributed by atoms with Crippen LogP contribution in [0, 0.1) is 37.5 Å². The van der Waals surface area contributed by atoms with Crippen LogP contribution >= 0.6 is 0 Å². The quantitative estimate of drug-likeness (QED) is 0.152. The molecule has 2 fully saturated rings. The Morgan fingerprint density at radius 2 is 1.81 bits per heavy atom. The van der Waals surface area contributed by atoms with Crippen LogP contribution in [0.5, 0.6) is 0 Å². The van der Waals surface area contributed by atoms with E-state index in [0.29, 0.717) is 54.2 Å². The Hall–Kier alpha value is -3.45. The minimum Gasteiger partial charge on any atom is -0.360 e. The van der Waals surface area contributed by atoms with Gasteiger partial charge >= 0.3 is 0 Å². The Labute approximate surface area is 253 Å². The standard InChI is InChI=1S/C30H43FN8O3Si/c1-7-38-23(16-32-37-38)29(40)35-27(26(20-8-9-20)21-10-11-21)30(41)34-24-13-12-22(28(31)33-24)25-18(2)36-39(19(25)3)17-42-14-15-43(4,5)6/h12-13,16,20-21,26-27H,7-11,14-15,17H2,1-6H3,(H,35,40)(H,33,34,41)/t27-/m0/s1. The third-order valence-electron chi connectivity index (χ3n) is 8.40. The average Bonchev–Trinajstić information content (AvgIpc) is 3.88. The van der Waals surface area contributed by atoms with Gasteiger partial charge in [0, 0.05) is 38.0 Å². The van der Waals surface area contributed by atoms with Gasteiger partial charge in [-0.15, -0.1) is 5.10 Å². The van der Waals surface area contributed by atoms with Crippen LogP contribution in [-0.2, 0) is 22.8 Å². The summed E-state index contributed by atoms with van der Waals surface area (Å²) >= 11 is 0. The first-order valence-electron chi connectivity index (χ1n) is 15.3. The van der Waals surface area contributed by atoms with Crippen LogP contribution in [0.4, 0.5) is 10.2 Å². The van der Waals surface area contributed by atoms with E-state index < -0.39 is 31.9 Å². The third-order valence-corrected chi connectivity index (χ3v) is 10.1. The molecule has 11 nitrogen and oxygen atoms in total. The molecular weight excluding hydrogens is 567 g/mol. The molecule has 2 amide bonds. The van der Waals surface area contributed by atoms with Gasteiger partial charge in [0.25, 0.3) is 5.91 Å². The number of aryl methyl sites for hydroxylation is 2. The lowest BCUT2D eigenvalue weighted by atomic mass is 9.88. The molecule has 3 heterocycles. The number of rotatable bonds is 14. The molecule has 1 atom stereocenters. The number of carbonyl (C=O) groups excluding carboxylic acids is 2. The van der Waals surface area contributed by atoms with E-state index in [-0.39, 0.29) is 11.7 Å². The van der Waals surface area contributed by atoms with Crippen molar-refractivity contribution in [2.75, 3.05) is 11.9 Å².